The lowest BCUT2D eigenvalue weighted by Gasteiger charge is -2.05. The summed E-state index contributed by atoms with van der Waals surface area (Å²) < 4.78 is 8.76. The molecule has 0 spiro atoms. The average Bonchev–Trinajstić information content (AvgIpc) is 2.93. The van der Waals surface area contributed by atoms with Crippen molar-refractivity contribution in [1.29, 1.82) is 0 Å². The molecule has 0 atom stereocenters. The number of aromatic nitrogens is 1. The van der Waals surface area contributed by atoms with Crippen molar-refractivity contribution in [2.45, 2.75) is 26.8 Å². The van der Waals surface area contributed by atoms with E-state index in [2.05, 4.69) is 16.5 Å². The highest BCUT2D eigenvalue weighted by atomic mass is 32.1. The van der Waals surface area contributed by atoms with E-state index in [0.717, 1.165) is 33.7 Å². The molecule has 0 aliphatic rings. The van der Waals surface area contributed by atoms with Gasteiger partial charge in [-0.05, 0) is 43.7 Å². The van der Waals surface area contributed by atoms with E-state index >= 15 is 0 Å². The van der Waals surface area contributed by atoms with Crippen LogP contribution in [0.25, 0.3) is 10.2 Å². The first-order valence-corrected chi connectivity index (χ1v) is 8.95. The molecule has 124 valence electrons. The molecule has 3 aromatic rings. The molecule has 5 heteroatoms. The van der Waals surface area contributed by atoms with Crippen molar-refractivity contribution in [3.63, 3.8) is 0 Å². The minimum Gasteiger partial charge on any atom is -0.494 e. The molecule has 24 heavy (non-hydrogen) atoms. The maximum absolute atomic E-state index is 12.4. The largest absolute Gasteiger partial charge is 0.494 e. The quantitative estimate of drug-likeness (QED) is 0.697. The number of hydrogen-bond donors (Lipinski definition) is 0. The molecular formula is C19H20N2O2S. The van der Waals surface area contributed by atoms with Crippen LogP contribution in [0.15, 0.2) is 53.5 Å². The Balaban J connectivity index is 2.10. The maximum Gasteiger partial charge on any atom is 0.279 e. The van der Waals surface area contributed by atoms with Crippen LogP contribution in [0, 0.1) is 0 Å². The van der Waals surface area contributed by atoms with E-state index in [9.17, 15) is 4.79 Å². The molecule has 0 bridgehead atoms. The van der Waals surface area contributed by atoms with Crippen molar-refractivity contribution in [2.75, 3.05) is 6.61 Å². The van der Waals surface area contributed by atoms with Crippen LogP contribution in [0.4, 0.5) is 0 Å². The fraction of sp³-hybridized carbons (Fsp3) is 0.263. The number of amides is 1. The number of ether oxygens (including phenoxy) is 1. The van der Waals surface area contributed by atoms with Crippen molar-refractivity contribution in [2.24, 2.45) is 4.99 Å². The number of carbonyl (C=O) groups excluding carboxylic acids is 1. The normalized spacial score (nSPS) is 11.8. The lowest BCUT2D eigenvalue weighted by molar-refractivity contribution is 0.0998. The maximum atomic E-state index is 12.4. The molecule has 4 nitrogen and oxygen atoms in total. The van der Waals surface area contributed by atoms with E-state index in [1.165, 1.54) is 11.3 Å². The SMILES string of the molecule is CCCn1c(=NC(=O)c2ccccc2)sc2cc(OCC)ccc21. The second-order valence-electron chi connectivity index (χ2n) is 5.38. The molecule has 0 saturated heterocycles. The fourth-order valence-corrected chi connectivity index (χ4v) is 3.65. The molecule has 1 aromatic heterocycles. The molecule has 0 unspecified atom stereocenters. The summed E-state index contributed by atoms with van der Waals surface area (Å²) in [5.74, 6) is 0.632. The minimum atomic E-state index is -0.211. The fourth-order valence-electron chi connectivity index (χ4n) is 2.57. The van der Waals surface area contributed by atoms with Crippen LogP contribution in [0.2, 0.25) is 0 Å². The van der Waals surface area contributed by atoms with Crippen molar-refractivity contribution >= 4 is 27.5 Å². The zero-order valence-electron chi connectivity index (χ0n) is 13.9. The van der Waals surface area contributed by atoms with Gasteiger partial charge in [0.05, 0.1) is 16.8 Å². The number of thiazole rings is 1. The van der Waals surface area contributed by atoms with Gasteiger partial charge >= 0.3 is 0 Å². The zero-order chi connectivity index (χ0) is 16.9. The van der Waals surface area contributed by atoms with E-state index in [1.54, 1.807) is 12.1 Å². The topological polar surface area (TPSA) is 43.6 Å². The summed E-state index contributed by atoms with van der Waals surface area (Å²) in [6.07, 6.45) is 0.978. The van der Waals surface area contributed by atoms with Gasteiger partial charge in [-0.25, -0.2) is 0 Å². The van der Waals surface area contributed by atoms with Crippen molar-refractivity contribution in [1.82, 2.24) is 4.57 Å². The van der Waals surface area contributed by atoms with Gasteiger partial charge in [-0.15, -0.1) is 0 Å². The number of benzene rings is 2. The molecule has 0 saturated carbocycles. The monoisotopic (exact) mass is 340 g/mol. The summed E-state index contributed by atoms with van der Waals surface area (Å²) in [4.78, 5) is 17.5. The van der Waals surface area contributed by atoms with Gasteiger partial charge in [0.2, 0.25) is 0 Å². The molecule has 0 aliphatic heterocycles. The summed E-state index contributed by atoms with van der Waals surface area (Å²) in [5.41, 5.74) is 1.69. The number of fused-ring (bicyclic) bond motifs is 1. The van der Waals surface area contributed by atoms with E-state index in [4.69, 9.17) is 4.74 Å². The van der Waals surface area contributed by atoms with E-state index in [0.29, 0.717) is 12.2 Å². The third-order valence-electron chi connectivity index (χ3n) is 3.63. The second-order valence-corrected chi connectivity index (χ2v) is 6.39. The predicted molar refractivity (Wildman–Crippen MR) is 97.6 cm³/mol. The molecular weight excluding hydrogens is 320 g/mol. The van der Waals surface area contributed by atoms with Gasteiger partial charge in [0, 0.05) is 12.1 Å². The molecule has 1 heterocycles. The van der Waals surface area contributed by atoms with Crippen LogP contribution >= 0.6 is 11.3 Å². The molecule has 3 rings (SSSR count). The smallest absolute Gasteiger partial charge is 0.279 e. The third kappa shape index (κ3) is 3.41. The first-order valence-electron chi connectivity index (χ1n) is 8.13. The Labute approximate surface area is 145 Å². The van der Waals surface area contributed by atoms with E-state index < -0.39 is 0 Å². The van der Waals surface area contributed by atoms with Crippen molar-refractivity contribution < 1.29 is 9.53 Å². The van der Waals surface area contributed by atoms with Gasteiger partial charge in [-0.3, -0.25) is 4.79 Å². The number of carbonyl (C=O) groups is 1. The van der Waals surface area contributed by atoms with Gasteiger partial charge in [-0.1, -0.05) is 36.5 Å². The van der Waals surface area contributed by atoms with Crippen LogP contribution in [-0.2, 0) is 6.54 Å². The van der Waals surface area contributed by atoms with Gasteiger partial charge in [-0.2, -0.15) is 4.99 Å². The molecule has 2 aromatic carbocycles. The van der Waals surface area contributed by atoms with Gasteiger partial charge in [0.1, 0.15) is 5.75 Å². The highest BCUT2D eigenvalue weighted by molar-refractivity contribution is 7.16. The number of rotatable bonds is 5. The second kappa shape index (κ2) is 7.45. The minimum absolute atomic E-state index is 0.211. The summed E-state index contributed by atoms with van der Waals surface area (Å²) in [7, 11) is 0. The van der Waals surface area contributed by atoms with Crippen LogP contribution in [-0.4, -0.2) is 17.1 Å². The Morgan fingerprint density at radius 2 is 1.96 bits per heavy atom. The summed E-state index contributed by atoms with van der Waals surface area (Å²) in [6, 6.07) is 15.2. The Kier molecular flexibility index (Phi) is 5.11. The molecule has 0 aliphatic carbocycles. The lowest BCUT2D eigenvalue weighted by atomic mass is 10.2. The summed E-state index contributed by atoms with van der Waals surface area (Å²) in [5, 5.41) is 0. The van der Waals surface area contributed by atoms with Gasteiger partial charge < -0.3 is 9.30 Å². The number of aryl methyl sites for hydroxylation is 1. The molecule has 1 amide bonds. The molecule has 0 radical (unpaired) electrons. The Morgan fingerprint density at radius 3 is 2.67 bits per heavy atom. The first kappa shape index (κ1) is 16.5. The lowest BCUT2D eigenvalue weighted by Crippen LogP contribution is -2.16. The first-order chi connectivity index (χ1) is 11.7. The van der Waals surface area contributed by atoms with Gasteiger partial charge in [0.25, 0.3) is 5.91 Å². The van der Waals surface area contributed by atoms with Gasteiger partial charge in [0.15, 0.2) is 4.80 Å². The van der Waals surface area contributed by atoms with E-state index in [-0.39, 0.29) is 5.91 Å². The number of nitrogens with zero attached hydrogens (tertiary/aromatic N) is 2. The highest BCUT2D eigenvalue weighted by Crippen LogP contribution is 2.23. The van der Waals surface area contributed by atoms with Crippen molar-refractivity contribution in [3.8, 4) is 5.75 Å². The van der Waals surface area contributed by atoms with Crippen LogP contribution < -0.4 is 9.54 Å². The Bertz CT molecular complexity index is 910. The summed E-state index contributed by atoms with van der Waals surface area (Å²) in [6.45, 7) is 5.55. The van der Waals surface area contributed by atoms with Crippen LogP contribution in [0.5, 0.6) is 5.75 Å². The summed E-state index contributed by atoms with van der Waals surface area (Å²) >= 11 is 1.52. The molecule has 0 fully saturated rings. The Morgan fingerprint density at radius 1 is 1.17 bits per heavy atom. The van der Waals surface area contributed by atoms with Crippen LogP contribution in [0.1, 0.15) is 30.6 Å². The highest BCUT2D eigenvalue weighted by Gasteiger charge is 2.09. The van der Waals surface area contributed by atoms with Crippen molar-refractivity contribution in [3.05, 3.63) is 58.9 Å². The average molecular weight is 340 g/mol. The van der Waals surface area contributed by atoms with Crippen LogP contribution in [0.3, 0.4) is 0 Å². The van der Waals surface area contributed by atoms with E-state index in [1.807, 2.05) is 43.3 Å². The predicted octanol–water partition coefficient (Wildman–Crippen LogP) is 4.25. The molecule has 0 N–H and O–H groups in total. The number of hydrogen-bond acceptors (Lipinski definition) is 3. The third-order valence-corrected chi connectivity index (χ3v) is 4.67. The standard InChI is InChI=1S/C19H20N2O2S/c1-3-12-21-16-11-10-15(23-4-2)13-17(16)24-19(21)20-18(22)14-8-6-5-7-9-14/h5-11,13H,3-4,12H2,1-2H3. The Hall–Kier alpha value is -2.40. The zero-order valence-corrected chi connectivity index (χ0v) is 14.7.